The topological polar surface area (TPSA) is 48.5 Å². The predicted molar refractivity (Wildman–Crippen MR) is 230 cm³/mol. The Balaban J connectivity index is 0.970. The summed E-state index contributed by atoms with van der Waals surface area (Å²) in [7, 11) is 0. The third kappa shape index (κ3) is 3.95. The molecular weight excluding hydrogens is 695 g/mol. The number of rotatable bonds is 3. The molecular formula is C52H33N5. The van der Waals surface area contributed by atoms with Gasteiger partial charge < -0.3 is 9.13 Å². The second kappa shape index (κ2) is 11.3. The molecule has 0 aliphatic heterocycles. The molecule has 0 amide bonds. The van der Waals surface area contributed by atoms with Gasteiger partial charge in [0, 0.05) is 81.9 Å². The van der Waals surface area contributed by atoms with Crippen molar-refractivity contribution < 1.29 is 0 Å². The van der Waals surface area contributed by atoms with Gasteiger partial charge in [-0.3, -0.25) is 15.0 Å². The second-order valence-electron chi connectivity index (χ2n) is 15.6. The average Bonchev–Trinajstić information content (AvgIpc) is 3.99. The maximum Gasteiger partial charge on any atom is 0.0572 e. The minimum atomic E-state index is -0.362. The second-order valence-corrected chi connectivity index (χ2v) is 15.6. The molecule has 13 rings (SSSR count). The molecule has 3 unspecified atom stereocenters. The summed E-state index contributed by atoms with van der Waals surface area (Å²) in [6.07, 6.45) is 21.0. The van der Waals surface area contributed by atoms with Crippen LogP contribution in [0.2, 0.25) is 0 Å². The third-order valence-corrected chi connectivity index (χ3v) is 13.1. The van der Waals surface area contributed by atoms with Gasteiger partial charge in [-0.25, -0.2) is 0 Å². The first-order chi connectivity index (χ1) is 28.3. The van der Waals surface area contributed by atoms with E-state index in [9.17, 15) is 0 Å². The third-order valence-electron chi connectivity index (χ3n) is 13.1. The fraction of sp³-hybridized carbons (Fsp3) is 0.0577. The molecule has 0 bridgehead atoms. The molecule has 5 heteroatoms. The van der Waals surface area contributed by atoms with Gasteiger partial charge >= 0.3 is 0 Å². The van der Waals surface area contributed by atoms with E-state index in [1.54, 1.807) is 0 Å². The minimum Gasteiger partial charge on any atom is -0.309 e. The van der Waals surface area contributed by atoms with Gasteiger partial charge in [0.25, 0.3) is 0 Å². The van der Waals surface area contributed by atoms with E-state index in [-0.39, 0.29) is 17.3 Å². The summed E-state index contributed by atoms with van der Waals surface area (Å²) in [6, 6.07) is 47.1. The van der Waals surface area contributed by atoms with Crippen molar-refractivity contribution in [2.75, 3.05) is 0 Å². The van der Waals surface area contributed by atoms with Crippen LogP contribution in [0.5, 0.6) is 0 Å². The van der Waals surface area contributed by atoms with Crippen LogP contribution in [0.3, 0.4) is 0 Å². The van der Waals surface area contributed by atoms with Crippen molar-refractivity contribution in [3.05, 3.63) is 211 Å². The van der Waals surface area contributed by atoms with Crippen molar-refractivity contribution in [3.63, 3.8) is 0 Å². The zero-order valence-corrected chi connectivity index (χ0v) is 30.8. The van der Waals surface area contributed by atoms with E-state index < -0.39 is 0 Å². The number of fused-ring (bicyclic) bond motifs is 17. The molecule has 266 valence electrons. The van der Waals surface area contributed by atoms with Gasteiger partial charge in [0.05, 0.1) is 27.5 Å². The zero-order valence-electron chi connectivity index (χ0n) is 30.8. The van der Waals surface area contributed by atoms with Crippen molar-refractivity contribution in [3.8, 4) is 33.6 Å². The van der Waals surface area contributed by atoms with Gasteiger partial charge in [-0.15, -0.1) is 0 Å². The van der Waals surface area contributed by atoms with Crippen molar-refractivity contribution >= 4 is 43.6 Å². The lowest BCUT2D eigenvalue weighted by Gasteiger charge is -2.36. The highest BCUT2D eigenvalue weighted by Gasteiger charge is 2.58. The van der Waals surface area contributed by atoms with E-state index in [4.69, 9.17) is 4.98 Å². The van der Waals surface area contributed by atoms with Crippen LogP contribution in [-0.4, -0.2) is 24.1 Å². The van der Waals surface area contributed by atoms with Crippen molar-refractivity contribution in [2.45, 2.75) is 11.3 Å². The van der Waals surface area contributed by atoms with Crippen molar-refractivity contribution in [2.24, 2.45) is 5.92 Å². The van der Waals surface area contributed by atoms with E-state index in [1.165, 1.54) is 66.3 Å². The number of benzene rings is 5. The van der Waals surface area contributed by atoms with Crippen LogP contribution < -0.4 is 0 Å². The zero-order chi connectivity index (χ0) is 37.2. The molecule has 57 heavy (non-hydrogen) atoms. The molecule has 0 radical (unpaired) electrons. The first kappa shape index (κ1) is 30.9. The summed E-state index contributed by atoms with van der Waals surface area (Å²) in [6.45, 7) is 0. The fourth-order valence-corrected chi connectivity index (χ4v) is 10.9. The molecule has 3 aliphatic rings. The van der Waals surface area contributed by atoms with Crippen LogP contribution in [0.1, 0.15) is 28.2 Å². The number of para-hydroxylation sites is 1. The number of allylic oxidation sites excluding steroid dienone is 4. The summed E-state index contributed by atoms with van der Waals surface area (Å²) in [5.41, 5.74) is 17.1. The van der Waals surface area contributed by atoms with Crippen molar-refractivity contribution in [1.82, 2.24) is 24.1 Å². The number of hydrogen-bond acceptors (Lipinski definition) is 3. The van der Waals surface area contributed by atoms with Crippen LogP contribution >= 0.6 is 0 Å². The van der Waals surface area contributed by atoms with Crippen LogP contribution in [0, 0.1) is 5.92 Å². The van der Waals surface area contributed by atoms with Crippen molar-refractivity contribution in [1.29, 1.82) is 0 Å². The monoisotopic (exact) mass is 727 g/mol. The normalized spacial score (nSPS) is 18.8. The van der Waals surface area contributed by atoms with Gasteiger partial charge in [0.15, 0.2) is 0 Å². The predicted octanol–water partition coefficient (Wildman–Crippen LogP) is 11.9. The maximum atomic E-state index is 4.79. The lowest BCUT2D eigenvalue weighted by Crippen LogP contribution is -2.33. The number of aromatic nitrogens is 5. The van der Waals surface area contributed by atoms with E-state index in [2.05, 4.69) is 177 Å². The molecule has 0 saturated carbocycles. The van der Waals surface area contributed by atoms with Crippen LogP contribution in [0.25, 0.3) is 77.2 Å². The Morgan fingerprint density at radius 1 is 0.456 bits per heavy atom. The summed E-state index contributed by atoms with van der Waals surface area (Å²) >= 11 is 0. The molecule has 1 spiro atoms. The summed E-state index contributed by atoms with van der Waals surface area (Å²) in [5, 5.41) is 4.81. The van der Waals surface area contributed by atoms with E-state index in [0.29, 0.717) is 0 Å². The van der Waals surface area contributed by atoms with Gasteiger partial charge in [0.2, 0.25) is 0 Å². The highest BCUT2D eigenvalue weighted by atomic mass is 15.0. The molecule has 3 aliphatic carbocycles. The molecule has 0 N–H and O–H groups in total. The van der Waals surface area contributed by atoms with Crippen LogP contribution in [0.15, 0.2) is 189 Å². The Bertz CT molecular complexity index is 3310. The van der Waals surface area contributed by atoms with Gasteiger partial charge in [-0.1, -0.05) is 97.1 Å². The quantitative estimate of drug-likeness (QED) is 0.182. The number of nitrogens with zero attached hydrogens (tertiary/aromatic N) is 5. The van der Waals surface area contributed by atoms with E-state index >= 15 is 0 Å². The largest absolute Gasteiger partial charge is 0.309 e. The SMILES string of the molecule is C1=CC2c3ccncc3C3(c4ccccc4-c4ccc5c(c43)c3ccccc3n5-c3ccc(-c4ccc(-n5c6ccncc6c6cnccc65)cc4)cc3)C2C=C1. The Kier molecular flexibility index (Phi) is 6.15. The van der Waals surface area contributed by atoms with Crippen LogP contribution in [0.4, 0.5) is 0 Å². The molecule has 5 nitrogen and oxygen atoms in total. The van der Waals surface area contributed by atoms with Gasteiger partial charge in [-0.05, 0) is 99.1 Å². The minimum absolute atomic E-state index is 0.242. The molecule has 3 atom stereocenters. The Morgan fingerprint density at radius 2 is 1.07 bits per heavy atom. The highest BCUT2D eigenvalue weighted by Crippen LogP contribution is 2.66. The highest BCUT2D eigenvalue weighted by molar-refractivity contribution is 6.15. The standard InChI is InChI=1S/C52H33N5/c1-4-10-43-36(7-1)38-23-26-55-31-45(38)52(43)44-11-5-2-8-37(44)39-21-22-49-50(51(39)52)40-9-3-6-12-46(40)57(49)35-19-15-33(16-20-35)32-13-17-34(18-14-32)56-47-24-27-53-29-41(47)42-30-54-28-25-48(42)56/h1-31,36,43H. The maximum absolute atomic E-state index is 4.79. The Hall–Kier alpha value is -7.37. The van der Waals surface area contributed by atoms with E-state index in [0.717, 1.165) is 33.2 Å². The summed E-state index contributed by atoms with van der Waals surface area (Å²) in [4.78, 5) is 13.6. The summed E-state index contributed by atoms with van der Waals surface area (Å²) < 4.78 is 4.76. The number of pyridine rings is 3. The smallest absolute Gasteiger partial charge is 0.0572 e. The molecule has 5 aromatic carbocycles. The Morgan fingerprint density at radius 3 is 1.82 bits per heavy atom. The Labute approximate surface area is 328 Å². The number of hydrogen-bond donors (Lipinski definition) is 0. The molecule has 5 aromatic heterocycles. The lowest BCUT2D eigenvalue weighted by molar-refractivity contribution is 0.468. The van der Waals surface area contributed by atoms with Crippen LogP contribution in [-0.2, 0) is 5.41 Å². The lowest BCUT2D eigenvalue weighted by atomic mass is 9.65. The average molecular weight is 728 g/mol. The van der Waals surface area contributed by atoms with Gasteiger partial charge in [-0.2, -0.15) is 0 Å². The molecule has 10 aromatic rings. The molecule has 5 heterocycles. The molecule has 0 fully saturated rings. The first-order valence-corrected chi connectivity index (χ1v) is 19.7. The van der Waals surface area contributed by atoms with Gasteiger partial charge in [0.1, 0.15) is 0 Å². The fourth-order valence-electron chi connectivity index (χ4n) is 10.9. The van der Waals surface area contributed by atoms with E-state index in [1.807, 2.05) is 31.0 Å². The molecule has 0 saturated heterocycles. The first-order valence-electron chi connectivity index (χ1n) is 19.7. The summed E-state index contributed by atoms with van der Waals surface area (Å²) in [5.74, 6) is 0.528.